The van der Waals surface area contributed by atoms with Crippen LogP contribution >= 0.6 is 27.3 Å². The van der Waals surface area contributed by atoms with Crippen LogP contribution in [0.2, 0.25) is 0 Å². The molecule has 1 aromatic heterocycles. The molecule has 0 N–H and O–H groups in total. The number of carbonyl (C=O) groups is 2. The number of ether oxygens (including phenoxy) is 4. The molecule has 12 nitrogen and oxygen atoms in total. The fourth-order valence-electron chi connectivity index (χ4n) is 5.69. The highest BCUT2D eigenvalue weighted by molar-refractivity contribution is 9.10. The van der Waals surface area contributed by atoms with Gasteiger partial charge in [-0.05, 0) is 66.6 Å². The van der Waals surface area contributed by atoms with Gasteiger partial charge in [-0.1, -0.05) is 57.6 Å². The number of nitrogens with zero attached hydrogens (tertiary/aromatic N) is 3. The lowest BCUT2D eigenvalue weighted by Crippen LogP contribution is -2.40. The SMILES string of the molecule is CCOC(=O)C1=C(C)N=c2s/c(=C\c3c(OC(=O)c4ccc([N+](=O)[O-])cc4)ccc4ccccc34)c(=O)n2[C@@H]1c1cc(OC)c(OC)cc1Br. The van der Waals surface area contributed by atoms with Crippen LogP contribution < -0.4 is 29.1 Å². The standard InChI is InChI=1S/C36H28BrN3O9S/c1-5-48-35(43)31-19(2)38-36-39(32(31)25-16-28(46-3)29(47-4)18-26(25)37)33(41)30(50-36)17-24-23-9-7-6-8-20(23)12-15-27(24)49-34(42)21-10-13-22(14-11-21)40(44)45/h6-18,32H,5H2,1-4H3/b30-17-/t32-/m1/s1. The van der Waals surface area contributed by atoms with Crippen molar-refractivity contribution in [1.29, 1.82) is 0 Å². The Kier molecular flexibility index (Phi) is 9.66. The molecule has 254 valence electrons. The van der Waals surface area contributed by atoms with Gasteiger partial charge >= 0.3 is 11.9 Å². The number of thiazole rings is 1. The van der Waals surface area contributed by atoms with Crippen molar-refractivity contribution < 1.29 is 33.5 Å². The van der Waals surface area contributed by atoms with E-state index in [1.54, 1.807) is 44.2 Å². The Balaban J connectivity index is 1.55. The van der Waals surface area contributed by atoms with Gasteiger partial charge in [0.2, 0.25) is 0 Å². The molecular formula is C36H28BrN3O9S. The predicted molar refractivity (Wildman–Crippen MR) is 190 cm³/mol. The van der Waals surface area contributed by atoms with Gasteiger partial charge in [0.15, 0.2) is 16.3 Å². The molecular weight excluding hydrogens is 730 g/mol. The van der Waals surface area contributed by atoms with E-state index in [0.717, 1.165) is 16.7 Å². The Morgan fingerprint density at radius 1 is 1.00 bits per heavy atom. The highest BCUT2D eigenvalue weighted by Gasteiger charge is 2.35. The normalized spacial score (nSPS) is 14.2. The number of hydrogen-bond acceptors (Lipinski definition) is 11. The van der Waals surface area contributed by atoms with Crippen LogP contribution in [0.25, 0.3) is 16.8 Å². The van der Waals surface area contributed by atoms with Gasteiger partial charge in [-0.2, -0.15) is 0 Å². The van der Waals surface area contributed by atoms with Crippen molar-refractivity contribution in [2.24, 2.45) is 4.99 Å². The lowest BCUT2D eigenvalue weighted by molar-refractivity contribution is -0.384. The van der Waals surface area contributed by atoms with Crippen LogP contribution in [0.4, 0.5) is 5.69 Å². The number of nitro groups is 1. The number of non-ortho nitro benzene ring substituents is 1. The number of aromatic nitrogens is 1. The first kappa shape index (κ1) is 34.3. The van der Waals surface area contributed by atoms with Crippen LogP contribution in [0.15, 0.2) is 98.3 Å². The Morgan fingerprint density at radius 2 is 1.70 bits per heavy atom. The van der Waals surface area contributed by atoms with E-state index in [2.05, 4.69) is 20.9 Å². The third-order valence-electron chi connectivity index (χ3n) is 8.04. The average molecular weight is 759 g/mol. The number of nitro benzene ring substituents is 1. The first-order valence-electron chi connectivity index (χ1n) is 15.2. The monoisotopic (exact) mass is 757 g/mol. The molecule has 1 aliphatic heterocycles. The molecule has 1 atom stereocenters. The van der Waals surface area contributed by atoms with Crippen LogP contribution in [-0.4, -0.2) is 42.3 Å². The summed E-state index contributed by atoms with van der Waals surface area (Å²) in [7, 11) is 3.00. The van der Waals surface area contributed by atoms with E-state index in [4.69, 9.17) is 18.9 Å². The van der Waals surface area contributed by atoms with E-state index in [-0.39, 0.29) is 33.7 Å². The molecule has 0 saturated heterocycles. The Bertz CT molecular complexity index is 2420. The lowest BCUT2D eigenvalue weighted by Gasteiger charge is -2.26. The van der Waals surface area contributed by atoms with Crippen LogP contribution in [0.3, 0.4) is 0 Å². The zero-order chi connectivity index (χ0) is 35.7. The first-order valence-corrected chi connectivity index (χ1v) is 16.8. The van der Waals surface area contributed by atoms with Gasteiger partial charge in [-0.15, -0.1) is 0 Å². The summed E-state index contributed by atoms with van der Waals surface area (Å²) in [6.45, 7) is 3.49. The number of hydrogen-bond donors (Lipinski definition) is 0. The largest absolute Gasteiger partial charge is 0.493 e. The second-order valence-electron chi connectivity index (χ2n) is 10.9. The highest BCUT2D eigenvalue weighted by atomic mass is 79.9. The van der Waals surface area contributed by atoms with Crippen molar-refractivity contribution >= 4 is 61.7 Å². The molecule has 0 fully saturated rings. The third-order valence-corrected chi connectivity index (χ3v) is 9.71. The number of halogens is 1. The van der Waals surface area contributed by atoms with Gasteiger partial charge in [0, 0.05) is 22.2 Å². The minimum atomic E-state index is -0.950. The maximum absolute atomic E-state index is 14.5. The molecule has 0 saturated carbocycles. The number of allylic oxidation sites excluding steroid dienone is 1. The molecule has 0 unspecified atom stereocenters. The third kappa shape index (κ3) is 6.30. The summed E-state index contributed by atoms with van der Waals surface area (Å²) in [4.78, 5) is 56.7. The van der Waals surface area contributed by atoms with Gasteiger partial charge in [-0.25, -0.2) is 14.6 Å². The summed E-state index contributed by atoms with van der Waals surface area (Å²) in [5, 5.41) is 12.6. The Hall–Kier alpha value is -5.60. The number of benzene rings is 4. The van der Waals surface area contributed by atoms with E-state index in [1.165, 1.54) is 43.1 Å². The zero-order valence-electron chi connectivity index (χ0n) is 27.1. The Labute approximate surface area is 296 Å². The van der Waals surface area contributed by atoms with Crippen molar-refractivity contribution in [3.8, 4) is 17.2 Å². The quantitative estimate of drug-likeness (QED) is 0.0781. The van der Waals surface area contributed by atoms with Crippen molar-refractivity contribution in [3.05, 3.63) is 135 Å². The highest BCUT2D eigenvalue weighted by Crippen LogP contribution is 2.41. The fraction of sp³-hybridized carbons (Fsp3) is 0.167. The van der Waals surface area contributed by atoms with Gasteiger partial charge < -0.3 is 18.9 Å². The molecule has 0 amide bonds. The van der Waals surface area contributed by atoms with Gasteiger partial charge in [0.25, 0.3) is 11.2 Å². The van der Waals surface area contributed by atoms with Crippen LogP contribution in [0, 0.1) is 10.1 Å². The summed E-state index contributed by atoms with van der Waals surface area (Å²) in [5.74, 6) is -0.356. The van der Waals surface area contributed by atoms with E-state index < -0.39 is 28.5 Å². The van der Waals surface area contributed by atoms with E-state index in [9.17, 15) is 24.5 Å². The Morgan fingerprint density at radius 3 is 2.38 bits per heavy atom. The maximum atomic E-state index is 14.5. The summed E-state index contributed by atoms with van der Waals surface area (Å²) < 4.78 is 24.5. The number of carbonyl (C=O) groups excluding carboxylic acids is 2. The number of rotatable bonds is 9. The van der Waals surface area contributed by atoms with Gasteiger partial charge in [0.05, 0.1) is 53.2 Å². The van der Waals surface area contributed by atoms with Crippen LogP contribution in [0.5, 0.6) is 17.2 Å². The lowest BCUT2D eigenvalue weighted by atomic mass is 9.95. The topological polar surface area (TPSA) is 149 Å². The smallest absolute Gasteiger partial charge is 0.343 e. The van der Waals surface area contributed by atoms with Crippen molar-refractivity contribution in [2.75, 3.05) is 20.8 Å². The molecule has 0 radical (unpaired) electrons. The molecule has 0 aliphatic carbocycles. The first-order chi connectivity index (χ1) is 24.1. The average Bonchev–Trinajstić information content (AvgIpc) is 3.42. The van der Waals surface area contributed by atoms with Crippen LogP contribution in [-0.2, 0) is 9.53 Å². The van der Waals surface area contributed by atoms with Gasteiger partial charge in [0.1, 0.15) is 5.75 Å². The number of methoxy groups -OCH3 is 2. The summed E-state index contributed by atoms with van der Waals surface area (Å²) in [5.41, 5.74) is 1.05. The summed E-state index contributed by atoms with van der Waals surface area (Å²) in [6, 6.07) is 18.4. The second kappa shape index (κ2) is 14.1. The molecule has 1 aliphatic rings. The zero-order valence-corrected chi connectivity index (χ0v) is 29.5. The minimum absolute atomic E-state index is 0.108. The number of fused-ring (bicyclic) bond motifs is 2. The minimum Gasteiger partial charge on any atom is -0.493 e. The summed E-state index contributed by atoms with van der Waals surface area (Å²) in [6.07, 6.45) is 1.63. The van der Waals surface area contributed by atoms with E-state index in [0.29, 0.717) is 43.0 Å². The molecule has 5 aromatic rings. The van der Waals surface area contributed by atoms with E-state index >= 15 is 0 Å². The summed E-state index contributed by atoms with van der Waals surface area (Å²) >= 11 is 4.72. The molecule has 4 aromatic carbocycles. The number of esters is 2. The molecule has 2 heterocycles. The molecule has 0 bridgehead atoms. The molecule has 14 heteroatoms. The van der Waals surface area contributed by atoms with E-state index in [1.807, 2.05) is 24.3 Å². The van der Waals surface area contributed by atoms with Crippen molar-refractivity contribution in [1.82, 2.24) is 4.57 Å². The molecule has 6 rings (SSSR count). The van der Waals surface area contributed by atoms with Crippen molar-refractivity contribution in [3.63, 3.8) is 0 Å². The van der Waals surface area contributed by atoms with Crippen molar-refractivity contribution in [2.45, 2.75) is 19.9 Å². The fourth-order valence-corrected chi connectivity index (χ4v) is 7.26. The molecule has 0 spiro atoms. The van der Waals surface area contributed by atoms with Crippen LogP contribution in [0.1, 0.15) is 41.4 Å². The predicted octanol–water partition coefficient (Wildman–Crippen LogP) is 5.86. The maximum Gasteiger partial charge on any atom is 0.343 e. The molecule has 50 heavy (non-hydrogen) atoms. The second-order valence-corrected chi connectivity index (χ2v) is 12.8. The van der Waals surface area contributed by atoms with Gasteiger partial charge in [-0.3, -0.25) is 19.5 Å².